The van der Waals surface area contributed by atoms with E-state index in [-0.39, 0.29) is 30.3 Å². The Kier molecular flexibility index (Phi) is 8.08. The van der Waals surface area contributed by atoms with Gasteiger partial charge in [0.1, 0.15) is 6.04 Å². The Morgan fingerprint density at radius 1 is 1.17 bits per heavy atom. The third-order valence-corrected chi connectivity index (χ3v) is 5.56. The predicted molar refractivity (Wildman–Crippen MR) is 120 cm³/mol. The van der Waals surface area contributed by atoms with Gasteiger partial charge in [-0.2, -0.15) is 0 Å². The Labute approximate surface area is 183 Å². The van der Waals surface area contributed by atoms with Crippen molar-refractivity contribution in [1.29, 1.82) is 0 Å². The molecule has 0 bridgehead atoms. The molecule has 3 N–H and O–H groups in total. The van der Waals surface area contributed by atoms with Crippen LogP contribution in [-0.4, -0.2) is 29.3 Å². The molecule has 0 spiro atoms. The van der Waals surface area contributed by atoms with Crippen LogP contribution < -0.4 is 11.1 Å². The van der Waals surface area contributed by atoms with Crippen LogP contribution in [0.4, 0.5) is 5.69 Å². The van der Waals surface area contributed by atoms with E-state index in [4.69, 9.17) is 17.3 Å². The Morgan fingerprint density at radius 2 is 1.86 bits per heavy atom. The van der Waals surface area contributed by atoms with Crippen molar-refractivity contribution >= 4 is 41.5 Å². The maximum absolute atomic E-state index is 12.8. The zero-order valence-corrected chi connectivity index (χ0v) is 18.2. The second-order valence-corrected chi connectivity index (χ2v) is 7.82. The van der Waals surface area contributed by atoms with Crippen LogP contribution in [0, 0.1) is 6.92 Å². The maximum atomic E-state index is 12.8. The van der Waals surface area contributed by atoms with Crippen LogP contribution in [0.25, 0.3) is 0 Å². The van der Waals surface area contributed by atoms with Crippen molar-refractivity contribution in [2.24, 2.45) is 5.73 Å². The highest BCUT2D eigenvalue weighted by atomic mass is 35.5. The highest BCUT2D eigenvalue weighted by Crippen LogP contribution is 2.26. The minimum atomic E-state index is -0.783. The number of carbonyl (C=O) groups is 2. The zero-order valence-electron chi connectivity index (χ0n) is 16.7. The summed E-state index contributed by atoms with van der Waals surface area (Å²) < 4.78 is 0. The number of benzene rings is 2. The number of nitrogens with zero attached hydrogens (tertiary/aromatic N) is 1. The van der Waals surface area contributed by atoms with Crippen LogP contribution in [0.5, 0.6) is 0 Å². The molecule has 156 valence electrons. The molecule has 2 unspecified atom stereocenters. The molecule has 2 aromatic rings. The fourth-order valence-electron chi connectivity index (χ4n) is 3.47. The quantitative estimate of drug-likeness (QED) is 0.728. The van der Waals surface area contributed by atoms with E-state index in [0.717, 1.165) is 36.9 Å². The highest BCUT2D eigenvalue weighted by molar-refractivity contribution is 6.34. The number of rotatable bonds is 4. The van der Waals surface area contributed by atoms with Gasteiger partial charge in [0.15, 0.2) is 0 Å². The topological polar surface area (TPSA) is 75.4 Å². The summed E-state index contributed by atoms with van der Waals surface area (Å²) in [6.07, 6.45) is 3.16. The first-order valence-electron chi connectivity index (χ1n) is 9.60. The Morgan fingerprint density at radius 3 is 2.48 bits per heavy atom. The van der Waals surface area contributed by atoms with E-state index in [9.17, 15) is 9.59 Å². The van der Waals surface area contributed by atoms with Crippen molar-refractivity contribution in [2.75, 3.05) is 11.9 Å². The van der Waals surface area contributed by atoms with Crippen LogP contribution in [0.3, 0.4) is 0 Å². The molecule has 2 aromatic carbocycles. The average molecular weight is 436 g/mol. The number of aryl methyl sites for hydroxylation is 1. The van der Waals surface area contributed by atoms with Gasteiger partial charge < -0.3 is 16.0 Å². The van der Waals surface area contributed by atoms with E-state index in [1.807, 2.05) is 36.1 Å². The van der Waals surface area contributed by atoms with Crippen molar-refractivity contribution < 1.29 is 9.59 Å². The molecule has 0 saturated carbocycles. The fraction of sp³-hybridized carbons (Fsp3) is 0.364. The van der Waals surface area contributed by atoms with Gasteiger partial charge in [0.2, 0.25) is 5.91 Å². The first-order chi connectivity index (χ1) is 13.4. The monoisotopic (exact) mass is 435 g/mol. The molecule has 29 heavy (non-hydrogen) atoms. The second kappa shape index (κ2) is 10.1. The van der Waals surface area contributed by atoms with Gasteiger partial charge in [0.25, 0.3) is 5.91 Å². The van der Waals surface area contributed by atoms with E-state index in [2.05, 4.69) is 12.2 Å². The second-order valence-electron chi connectivity index (χ2n) is 7.42. The minimum Gasteiger partial charge on any atom is -0.336 e. The lowest BCUT2D eigenvalue weighted by molar-refractivity contribution is -0.117. The standard InChI is InChI=1S/C22H26ClN3O2.ClH/c1-14-6-8-16(9-7-14)20(24)21(27)25-17-10-11-18(19(23)13-17)22(28)26-12-4-3-5-15(26)2;/h6-11,13,15,20H,3-5,12,24H2,1-2H3,(H,25,27);1H. The number of nitrogens with one attached hydrogen (secondary N) is 1. The smallest absolute Gasteiger partial charge is 0.255 e. The summed E-state index contributed by atoms with van der Waals surface area (Å²) in [4.78, 5) is 27.2. The summed E-state index contributed by atoms with van der Waals surface area (Å²) in [5.74, 6) is -0.393. The summed E-state index contributed by atoms with van der Waals surface area (Å²) in [5.41, 5.74) is 8.87. The van der Waals surface area contributed by atoms with Gasteiger partial charge >= 0.3 is 0 Å². The molecule has 1 saturated heterocycles. The molecule has 0 radical (unpaired) electrons. The molecular weight excluding hydrogens is 409 g/mol. The molecular formula is C22H27Cl2N3O2. The number of hydrogen-bond donors (Lipinski definition) is 2. The van der Waals surface area contributed by atoms with E-state index >= 15 is 0 Å². The van der Waals surface area contributed by atoms with Crippen molar-refractivity contribution in [3.63, 3.8) is 0 Å². The number of piperidine rings is 1. The number of halogens is 2. The van der Waals surface area contributed by atoms with E-state index < -0.39 is 6.04 Å². The SMILES string of the molecule is Cc1ccc(C(N)C(=O)Nc2ccc(C(=O)N3CCCCC3C)c(Cl)c2)cc1.Cl. The molecule has 5 nitrogen and oxygen atoms in total. The molecule has 0 aliphatic carbocycles. The van der Waals surface area contributed by atoms with Gasteiger partial charge in [0.05, 0.1) is 10.6 Å². The number of carbonyl (C=O) groups excluding carboxylic acids is 2. The van der Waals surface area contributed by atoms with Crippen molar-refractivity contribution in [1.82, 2.24) is 4.90 Å². The molecule has 1 fully saturated rings. The Balaban J connectivity index is 0.00000300. The number of amides is 2. The molecule has 3 rings (SSSR count). The van der Waals surface area contributed by atoms with Crippen molar-refractivity contribution in [2.45, 2.75) is 45.2 Å². The molecule has 0 aromatic heterocycles. The van der Waals surface area contributed by atoms with Crippen LogP contribution in [0.1, 0.15) is 53.7 Å². The van der Waals surface area contributed by atoms with E-state index in [1.165, 1.54) is 0 Å². The lowest BCUT2D eigenvalue weighted by atomic mass is 10.0. The number of likely N-dealkylation sites (tertiary alicyclic amines) is 1. The van der Waals surface area contributed by atoms with Crippen molar-refractivity contribution in [3.8, 4) is 0 Å². The van der Waals surface area contributed by atoms with Crippen LogP contribution in [-0.2, 0) is 4.79 Å². The molecule has 1 aliphatic heterocycles. The fourth-order valence-corrected chi connectivity index (χ4v) is 3.73. The Hall–Kier alpha value is -2.08. The van der Waals surface area contributed by atoms with Crippen molar-refractivity contribution in [3.05, 3.63) is 64.2 Å². The summed E-state index contributed by atoms with van der Waals surface area (Å²) in [7, 11) is 0. The van der Waals surface area contributed by atoms with Crippen LogP contribution in [0.15, 0.2) is 42.5 Å². The molecule has 7 heteroatoms. The van der Waals surface area contributed by atoms with Gasteiger partial charge in [-0.1, -0.05) is 41.4 Å². The molecule has 2 atom stereocenters. The third kappa shape index (κ3) is 5.50. The van der Waals surface area contributed by atoms with Gasteiger partial charge in [-0.15, -0.1) is 12.4 Å². The van der Waals surface area contributed by atoms with Gasteiger partial charge in [-0.05, 0) is 56.9 Å². The normalized spacial score (nSPS) is 17.2. The zero-order chi connectivity index (χ0) is 20.3. The number of nitrogens with two attached hydrogens (primary N) is 1. The summed E-state index contributed by atoms with van der Waals surface area (Å²) in [6.45, 7) is 4.79. The van der Waals surface area contributed by atoms with E-state index in [0.29, 0.717) is 16.3 Å². The number of hydrogen-bond acceptors (Lipinski definition) is 3. The third-order valence-electron chi connectivity index (χ3n) is 5.25. The first-order valence-corrected chi connectivity index (χ1v) is 9.98. The lowest BCUT2D eigenvalue weighted by Crippen LogP contribution is -2.42. The van der Waals surface area contributed by atoms with Gasteiger partial charge in [0, 0.05) is 18.3 Å². The average Bonchev–Trinajstić information content (AvgIpc) is 2.68. The summed E-state index contributed by atoms with van der Waals surface area (Å²) in [6, 6.07) is 11.9. The summed E-state index contributed by atoms with van der Waals surface area (Å²) >= 11 is 6.36. The largest absolute Gasteiger partial charge is 0.336 e. The lowest BCUT2D eigenvalue weighted by Gasteiger charge is -2.33. The maximum Gasteiger partial charge on any atom is 0.255 e. The van der Waals surface area contributed by atoms with Gasteiger partial charge in [-0.25, -0.2) is 0 Å². The number of anilines is 1. The Bertz CT molecular complexity index is 871. The van der Waals surface area contributed by atoms with Gasteiger partial charge in [-0.3, -0.25) is 9.59 Å². The first kappa shape index (κ1) is 23.2. The molecule has 1 heterocycles. The minimum absolute atomic E-state index is 0. The molecule has 1 aliphatic rings. The van der Waals surface area contributed by atoms with Crippen LogP contribution in [0.2, 0.25) is 5.02 Å². The van der Waals surface area contributed by atoms with E-state index in [1.54, 1.807) is 18.2 Å². The molecule has 2 amide bonds. The predicted octanol–water partition coefficient (Wildman–Crippen LogP) is 4.72. The van der Waals surface area contributed by atoms with Crippen LogP contribution >= 0.6 is 24.0 Å². The summed E-state index contributed by atoms with van der Waals surface area (Å²) in [5, 5.41) is 3.10. The highest BCUT2D eigenvalue weighted by Gasteiger charge is 2.26.